The minimum Gasteiger partial charge on any atom is -0.497 e. The molecule has 1 heterocycles. The molecule has 5 aromatic rings. The van der Waals surface area contributed by atoms with Gasteiger partial charge in [0.15, 0.2) is 9.40 Å². The maximum Gasteiger partial charge on any atom is 0.673 e. The van der Waals surface area contributed by atoms with Crippen LogP contribution in [0.15, 0.2) is 66.7 Å². The van der Waals surface area contributed by atoms with Gasteiger partial charge in [-0.25, -0.2) is 0 Å². The van der Waals surface area contributed by atoms with Crippen molar-refractivity contribution in [1.82, 2.24) is 0 Å². The third-order valence-electron chi connectivity index (χ3n) is 4.97. The smallest absolute Gasteiger partial charge is 0.497 e. The van der Waals surface area contributed by atoms with Crippen molar-refractivity contribution < 1.29 is 22.0 Å². The van der Waals surface area contributed by atoms with Crippen molar-refractivity contribution in [3.63, 3.8) is 0 Å². The lowest BCUT2D eigenvalue weighted by Crippen LogP contribution is -2.02. The minimum atomic E-state index is -6.00. The number of hydrogen-bond acceptors (Lipinski definition) is 1. The van der Waals surface area contributed by atoms with E-state index >= 15 is 0 Å². The lowest BCUT2D eigenvalue weighted by molar-refractivity contribution is 0.368. The van der Waals surface area contributed by atoms with Crippen molar-refractivity contribution in [3.05, 3.63) is 66.7 Å². The zero-order valence-electron chi connectivity index (χ0n) is 15.8. The van der Waals surface area contributed by atoms with Gasteiger partial charge < -0.3 is 22.0 Å². The number of halogens is 4. The molecule has 0 saturated heterocycles. The number of benzene rings is 4. The highest BCUT2D eigenvalue weighted by Crippen LogP contribution is 2.46. The predicted octanol–water partition coefficient (Wildman–Crippen LogP) is 7.89. The maximum absolute atomic E-state index is 9.75. The third kappa shape index (κ3) is 3.62. The summed E-state index contributed by atoms with van der Waals surface area (Å²) in [4.78, 5) is 0. The number of thiophene rings is 1. The lowest BCUT2D eigenvalue weighted by atomic mass is 9.99. The van der Waals surface area contributed by atoms with Crippen molar-refractivity contribution in [1.29, 1.82) is 0 Å². The number of fused-ring (bicyclic) bond motifs is 7. The molecule has 0 aliphatic rings. The summed E-state index contributed by atoms with van der Waals surface area (Å²) in [5.41, 5.74) is 0. The Morgan fingerprint density at radius 1 is 0.759 bits per heavy atom. The zero-order chi connectivity index (χ0) is 20.8. The Labute approximate surface area is 167 Å². The third-order valence-corrected chi connectivity index (χ3v) is 7.03. The van der Waals surface area contributed by atoms with Gasteiger partial charge in [-0.1, -0.05) is 30.3 Å². The Bertz CT molecular complexity index is 1350. The maximum atomic E-state index is 9.75. The quantitative estimate of drug-likeness (QED) is 0.117. The van der Waals surface area contributed by atoms with E-state index in [2.05, 4.69) is 73.0 Å². The number of aryl methyl sites for hydroxylation is 1. The zero-order valence-corrected chi connectivity index (χ0v) is 16.6. The van der Waals surface area contributed by atoms with E-state index in [1.165, 1.54) is 41.7 Å². The minimum absolute atomic E-state index is 0.108. The summed E-state index contributed by atoms with van der Waals surface area (Å²) in [6.07, 6.45) is 2.35. The number of ether oxygens (including phenoxy) is 1. The van der Waals surface area contributed by atoms with Crippen LogP contribution in [0.3, 0.4) is 0 Å². The van der Waals surface area contributed by atoms with E-state index in [0.29, 0.717) is 0 Å². The highest BCUT2D eigenvalue weighted by molar-refractivity contribution is 7.42. The molecule has 148 valence electrons. The van der Waals surface area contributed by atoms with Gasteiger partial charge in [0.05, 0.1) is 7.11 Å². The molecule has 0 aliphatic heterocycles. The molecule has 29 heavy (non-hydrogen) atoms. The molecule has 0 bridgehead atoms. The van der Waals surface area contributed by atoms with Gasteiger partial charge in [-0.2, -0.15) is 0 Å². The Morgan fingerprint density at radius 2 is 1.38 bits per heavy atom. The molecule has 5 rings (SSSR count). The molecule has 1 nitrogen and oxygen atoms in total. The summed E-state index contributed by atoms with van der Waals surface area (Å²) in [5.74, 6) is 0.910. The van der Waals surface area contributed by atoms with Crippen LogP contribution >= 0.6 is 10.5 Å². The highest BCUT2D eigenvalue weighted by atomic mass is 32.2. The SMILES string of the molecule is COc1ccc2c(ccc3ccc4c5ccccc5[s+](C)c4c32)c1.F[B-](F)(F)F. The predicted molar refractivity (Wildman–Crippen MR) is 117 cm³/mol. The summed E-state index contributed by atoms with van der Waals surface area (Å²) >= 11 is 0. The first-order valence-electron chi connectivity index (χ1n) is 8.94. The molecule has 0 N–H and O–H groups in total. The first-order chi connectivity index (χ1) is 13.8. The summed E-state index contributed by atoms with van der Waals surface area (Å²) < 4.78 is 47.4. The van der Waals surface area contributed by atoms with Crippen LogP contribution in [0.1, 0.15) is 0 Å². The Balaban J connectivity index is 0.000000369. The molecule has 1 atom stereocenters. The normalized spacial score (nSPS) is 12.4. The van der Waals surface area contributed by atoms with Crippen molar-refractivity contribution in [3.8, 4) is 5.75 Å². The molecule has 1 unspecified atom stereocenters. The van der Waals surface area contributed by atoms with Crippen molar-refractivity contribution in [2.75, 3.05) is 7.11 Å². The van der Waals surface area contributed by atoms with E-state index in [9.17, 15) is 17.3 Å². The van der Waals surface area contributed by atoms with Crippen molar-refractivity contribution in [2.24, 2.45) is 6.26 Å². The fraction of sp³-hybridized carbons (Fsp3) is 0.0909. The van der Waals surface area contributed by atoms with Crippen molar-refractivity contribution >= 4 is 59.4 Å². The number of methoxy groups -OCH3 is 1. The van der Waals surface area contributed by atoms with Gasteiger partial charge in [0.25, 0.3) is 0 Å². The molecule has 0 aliphatic carbocycles. The average Bonchev–Trinajstić information content (AvgIpc) is 2.99. The molecule has 0 spiro atoms. The Kier molecular flexibility index (Phi) is 4.86. The van der Waals surface area contributed by atoms with Gasteiger partial charge in [-0.05, 0) is 63.0 Å². The molecule has 0 radical (unpaired) electrons. The van der Waals surface area contributed by atoms with Gasteiger partial charge in [0.2, 0.25) is 0 Å². The lowest BCUT2D eigenvalue weighted by Gasteiger charge is -2.06. The molecule has 1 aromatic heterocycles. The van der Waals surface area contributed by atoms with Crippen molar-refractivity contribution in [2.45, 2.75) is 0 Å². The summed E-state index contributed by atoms with van der Waals surface area (Å²) in [7, 11) is -4.17. The number of rotatable bonds is 1. The first kappa shape index (κ1) is 19.5. The molecule has 0 amide bonds. The molecular weight excluding hydrogens is 399 g/mol. The number of hydrogen-bond donors (Lipinski definition) is 0. The van der Waals surface area contributed by atoms with Gasteiger partial charge in [-0.3, -0.25) is 0 Å². The van der Waals surface area contributed by atoms with Gasteiger partial charge >= 0.3 is 7.25 Å². The topological polar surface area (TPSA) is 9.23 Å². The van der Waals surface area contributed by atoms with Crippen LogP contribution in [0.25, 0.3) is 41.7 Å². The van der Waals surface area contributed by atoms with Crippen LogP contribution in [0.5, 0.6) is 5.75 Å². The molecule has 7 heteroatoms. The molecule has 0 saturated carbocycles. The summed E-state index contributed by atoms with van der Waals surface area (Å²) in [6.45, 7) is 0. The first-order valence-corrected chi connectivity index (χ1v) is 10.6. The average molecular weight is 416 g/mol. The van der Waals surface area contributed by atoms with Crippen LogP contribution in [0, 0.1) is 0 Å². The van der Waals surface area contributed by atoms with Gasteiger partial charge in [-0.15, -0.1) is 0 Å². The molecular formula is C22H17BF4OS. The van der Waals surface area contributed by atoms with E-state index in [-0.39, 0.29) is 10.5 Å². The standard InChI is InChI=1S/C22H17OS.BF4/c1-23-16-10-12-17-15(13-16)8-7-14-9-11-19-18-5-3-4-6-20(18)24(2)22(19)21(14)17;2-1(3,4)5/h3-13H,1-2H3;/q+1;-1. The van der Waals surface area contributed by atoms with Crippen LogP contribution in [-0.2, 0) is 6.26 Å². The second kappa shape index (κ2) is 7.23. The Hall–Kier alpha value is -2.80. The van der Waals surface area contributed by atoms with Crippen LogP contribution in [0.2, 0.25) is 0 Å². The fourth-order valence-electron chi connectivity index (χ4n) is 3.82. The van der Waals surface area contributed by atoms with E-state index < -0.39 is 7.25 Å². The molecule has 4 aromatic carbocycles. The fourth-order valence-corrected chi connectivity index (χ4v) is 5.88. The second-order valence-corrected chi connectivity index (χ2v) is 8.56. The van der Waals surface area contributed by atoms with Gasteiger partial charge in [0, 0.05) is 16.2 Å². The highest BCUT2D eigenvalue weighted by Gasteiger charge is 2.21. The van der Waals surface area contributed by atoms with E-state index in [4.69, 9.17) is 4.74 Å². The van der Waals surface area contributed by atoms with E-state index in [1.807, 2.05) is 0 Å². The molecule has 0 fully saturated rings. The van der Waals surface area contributed by atoms with Crippen LogP contribution < -0.4 is 4.74 Å². The summed E-state index contributed by atoms with van der Waals surface area (Å²) in [6, 6.07) is 24.2. The Morgan fingerprint density at radius 3 is 2.10 bits per heavy atom. The van der Waals surface area contributed by atoms with Crippen LogP contribution in [0.4, 0.5) is 17.3 Å². The van der Waals surface area contributed by atoms with Gasteiger partial charge in [0.1, 0.15) is 12.0 Å². The summed E-state index contributed by atoms with van der Waals surface area (Å²) in [5, 5.41) is 8.06. The van der Waals surface area contributed by atoms with E-state index in [0.717, 1.165) is 5.75 Å². The monoisotopic (exact) mass is 416 g/mol. The largest absolute Gasteiger partial charge is 0.673 e. The van der Waals surface area contributed by atoms with Crippen LogP contribution in [-0.4, -0.2) is 14.4 Å². The van der Waals surface area contributed by atoms with E-state index in [1.54, 1.807) is 7.11 Å². The second-order valence-electron chi connectivity index (χ2n) is 6.69.